The lowest BCUT2D eigenvalue weighted by atomic mass is 10.2. The van der Waals surface area contributed by atoms with Crippen LogP contribution in [0.15, 0.2) is 65.6 Å². The molecule has 0 heterocycles. The molecule has 0 saturated carbocycles. The van der Waals surface area contributed by atoms with E-state index in [2.05, 4.69) is 25.7 Å². The molecule has 0 bridgehead atoms. The van der Waals surface area contributed by atoms with Crippen molar-refractivity contribution in [1.29, 1.82) is 0 Å². The van der Waals surface area contributed by atoms with Gasteiger partial charge in [0.05, 0.1) is 4.90 Å². The second kappa shape index (κ2) is 11.6. The third-order valence-corrected chi connectivity index (χ3v) is 6.63. The summed E-state index contributed by atoms with van der Waals surface area (Å²) in [5.41, 5.74) is 1.04. The Morgan fingerprint density at radius 2 is 1.59 bits per heavy atom. The van der Waals surface area contributed by atoms with Gasteiger partial charge in [0.25, 0.3) is 10.0 Å². The van der Waals surface area contributed by atoms with Crippen LogP contribution in [0, 0.1) is 6.92 Å². The lowest BCUT2D eigenvalue weighted by Gasteiger charge is -2.20. The molecule has 2 aromatic rings. The molecule has 0 aromatic heterocycles. The van der Waals surface area contributed by atoms with Gasteiger partial charge >= 0.3 is 0 Å². The SMILES string of the molecule is C=c1cccc/c1=C\N(CCC/C=C\CCCCC)S(=O)(=O)c1ccc(C)cc1. The van der Waals surface area contributed by atoms with E-state index in [4.69, 9.17) is 0 Å². The van der Waals surface area contributed by atoms with Gasteiger partial charge in [-0.1, -0.05) is 80.5 Å². The van der Waals surface area contributed by atoms with Crippen molar-refractivity contribution >= 4 is 22.8 Å². The fourth-order valence-corrected chi connectivity index (χ4v) is 4.40. The van der Waals surface area contributed by atoms with Crippen molar-refractivity contribution in [2.75, 3.05) is 6.54 Å². The maximum absolute atomic E-state index is 13.3. The van der Waals surface area contributed by atoms with Crippen molar-refractivity contribution in [2.24, 2.45) is 0 Å². The quantitative estimate of drug-likeness (QED) is 0.395. The molecule has 0 unspecified atom stereocenters. The standard InChI is InChI=1S/C25H33NO2S/c1-4-5-6-7-8-9-10-13-20-26(21-24-15-12-11-14-23(24)3)29(27,28)25-18-16-22(2)17-19-25/h8-9,11-12,14-19,21H,3-7,10,13,20H2,1-2H3/b9-8-,24-21+. The Balaban J connectivity index is 2.18. The summed E-state index contributed by atoms with van der Waals surface area (Å²) in [6.07, 6.45) is 12.5. The molecule has 2 aromatic carbocycles. The van der Waals surface area contributed by atoms with Crippen LogP contribution in [0.5, 0.6) is 0 Å². The number of unbranched alkanes of at least 4 members (excludes halogenated alkanes) is 4. The lowest BCUT2D eigenvalue weighted by molar-refractivity contribution is 0.509. The molecule has 0 amide bonds. The molecule has 29 heavy (non-hydrogen) atoms. The molecule has 0 N–H and O–H groups in total. The Kier molecular flexibility index (Phi) is 9.20. The lowest BCUT2D eigenvalue weighted by Crippen LogP contribution is -2.33. The highest BCUT2D eigenvalue weighted by atomic mass is 32.2. The Labute approximate surface area is 176 Å². The van der Waals surface area contributed by atoms with Gasteiger partial charge in [0, 0.05) is 12.7 Å². The van der Waals surface area contributed by atoms with Gasteiger partial charge in [-0.05, 0) is 55.2 Å². The van der Waals surface area contributed by atoms with Crippen molar-refractivity contribution in [3.05, 3.63) is 76.7 Å². The second-order valence-corrected chi connectivity index (χ2v) is 9.26. The second-order valence-electron chi connectivity index (χ2n) is 7.37. The van der Waals surface area contributed by atoms with Crippen LogP contribution in [0.2, 0.25) is 0 Å². The van der Waals surface area contributed by atoms with Gasteiger partial charge < -0.3 is 0 Å². The van der Waals surface area contributed by atoms with Gasteiger partial charge in [0.2, 0.25) is 0 Å². The smallest absolute Gasteiger partial charge is 0.263 e. The molecule has 0 radical (unpaired) electrons. The molecule has 2 rings (SSSR count). The van der Waals surface area contributed by atoms with Crippen molar-refractivity contribution in [3.63, 3.8) is 0 Å². The first kappa shape index (κ1) is 23.0. The molecule has 156 valence electrons. The third-order valence-electron chi connectivity index (χ3n) is 4.86. The monoisotopic (exact) mass is 411 g/mol. The fourth-order valence-electron chi connectivity index (χ4n) is 3.03. The zero-order chi connectivity index (χ0) is 21.1. The number of nitrogens with zero attached hydrogens (tertiary/aromatic N) is 1. The summed E-state index contributed by atoms with van der Waals surface area (Å²) < 4.78 is 28.0. The zero-order valence-corrected chi connectivity index (χ0v) is 18.5. The summed E-state index contributed by atoms with van der Waals surface area (Å²) in [7, 11) is -3.61. The number of benzene rings is 2. The summed E-state index contributed by atoms with van der Waals surface area (Å²) >= 11 is 0. The van der Waals surface area contributed by atoms with Crippen LogP contribution in [-0.2, 0) is 10.0 Å². The predicted octanol–water partition coefficient (Wildman–Crippen LogP) is 4.75. The Morgan fingerprint density at radius 1 is 0.931 bits per heavy atom. The predicted molar refractivity (Wildman–Crippen MR) is 123 cm³/mol. The Hall–Kier alpha value is -2.33. The first-order chi connectivity index (χ1) is 13.9. The van der Waals surface area contributed by atoms with E-state index in [0.717, 1.165) is 35.3 Å². The van der Waals surface area contributed by atoms with Crippen LogP contribution in [0.25, 0.3) is 12.8 Å². The van der Waals surface area contributed by atoms with Crippen molar-refractivity contribution in [2.45, 2.75) is 57.3 Å². The Bertz CT molecular complexity index is 992. The largest absolute Gasteiger partial charge is 0.273 e. The molecule has 0 saturated heterocycles. The average molecular weight is 412 g/mol. The van der Waals surface area contributed by atoms with Crippen LogP contribution in [0.1, 0.15) is 51.0 Å². The number of sulfonamides is 1. The molecule has 0 aliphatic rings. The van der Waals surface area contributed by atoms with E-state index in [1.165, 1.54) is 23.6 Å². The molecular formula is C25H33NO2S. The molecule has 0 atom stereocenters. The minimum Gasteiger partial charge on any atom is -0.273 e. The molecule has 0 spiro atoms. The summed E-state index contributed by atoms with van der Waals surface area (Å²) in [5.74, 6) is 0. The van der Waals surface area contributed by atoms with Crippen molar-refractivity contribution < 1.29 is 8.42 Å². The maximum Gasteiger partial charge on any atom is 0.263 e. The molecule has 0 fully saturated rings. The van der Waals surface area contributed by atoms with Crippen molar-refractivity contribution in [3.8, 4) is 0 Å². The third kappa shape index (κ3) is 7.21. The molecule has 0 aliphatic carbocycles. The highest BCUT2D eigenvalue weighted by Gasteiger charge is 2.21. The van der Waals surface area contributed by atoms with Gasteiger partial charge in [0.1, 0.15) is 0 Å². The number of aryl methyl sites for hydroxylation is 1. The number of hydrogen-bond acceptors (Lipinski definition) is 2. The highest BCUT2D eigenvalue weighted by molar-refractivity contribution is 7.89. The molecular weight excluding hydrogens is 378 g/mol. The van der Waals surface area contributed by atoms with E-state index in [1.807, 2.05) is 43.3 Å². The van der Waals surface area contributed by atoms with Gasteiger partial charge in [-0.2, -0.15) is 0 Å². The summed E-state index contributed by atoms with van der Waals surface area (Å²) in [5, 5.41) is 1.63. The summed E-state index contributed by atoms with van der Waals surface area (Å²) in [6.45, 7) is 8.61. The van der Waals surface area contributed by atoms with Crippen LogP contribution >= 0.6 is 0 Å². The number of hydrogen-bond donors (Lipinski definition) is 0. The van der Waals surface area contributed by atoms with Crippen LogP contribution in [0.4, 0.5) is 0 Å². The summed E-state index contributed by atoms with van der Waals surface area (Å²) in [4.78, 5) is 0.316. The minimum absolute atomic E-state index is 0.316. The van der Waals surface area contributed by atoms with Gasteiger partial charge in [0.15, 0.2) is 0 Å². The molecule has 4 heteroatoms. The minimum atomic E-state index is -3.61. The van der Waals surface area contributed by atoms with Crippen molar-refractivity contribution in [1.82, 2.24) is 4.31 Å². The van der Waals surface area contributed by atoms with Gasteiger partial charge in [-0.3, -0.25) is 4.31 Å². The van der Waals surface area contributed by atoms with E-state index < -0.39 is 10.0 Å². The van der Waals surface area contributed by atoms with Crippen LogP contribution in [-0.4, -0.2) is 19.3 Å². The van der Waals surface area contributed by atoms with Gasteiger partial charge in [-0.25, -0.2) is 8.42 Å². The normalized spacial score (nSPS) is 12.6. The number of rotatable bonds is 11. The zero-order valence-electron chi connectivity index (χ0n) is 17.7. The maximum atomic E-state index is 13.3. The topological polar surface area (TPSA) is 37.4 Å². The first-order valence-corrected chi connectivity index (χ1v) is 11.9. The van der Waals surface area contributed by atoms with E-state index in [-0.39, 0.29) is 0 Å². The van der Waals surface area contributed by atoms with Crippen LogP contribution < -0.4 is 10.4 Å². The van der Waals surface area contributed by atoms with E-state index in [9.17, 15) is 8.42 Å². The summed E-state index contributed by atoms with van der Waals surface area (Å²) in [6, 6.07) is 14.6. The van der Waals surface area contributed by atoms with Gasteiger partial charge in [-0.15, -0.1) is 0 Å². The number of allylic oxidation sites excluding steroid dienone is 2. The molecule has 0 aliphatic heterocycles. The van der Waals surface area contributed by atoms with E-state index >= 15 is 0 Å². The van der Waals surface area contributed by atoms with E-state index in [1.54, 1.807) is 18.3 Å². The van der Waals surface area contributed by atoms with Crippen LogP contribution in [0.3, 0.4) is 0 Å². The first-order valence-electron chi connectivity index (χ1n) is 10.4. The average Bonchev–Trinajstić information content (AvgIpc) is 2.70. The molecule has 3 nitrogen and oxygen atoms in total. The fraction of sp³-hybridized carbons (Fsp3) is 0.360. The highest BCUT2D eigenvalue weighted by Crippen LogP contribution is 2.17. The van der Waals surface area contributed by atoms with E-state index in [0.29, 0.717) is 11.4 Å². The Morgan fingerprint density at radius 3 is 2.24 bits per heavy atom.